The predicted molar refractivity (Wildman–Crippen MR) is 57.9 cm³/mol. The molecule has 14 heavy (non-hydrogen) atoms. The third kappa shape index (κ3) is 1.44. The Balaban J connectivity index is 2.47. The largest absolute Gasteiger partial charge is 0.495 e. The van der Waals surface area contributed by atoms with Crippen LogP contribution in [0.3, 0.4) is 0 Å². The summed E-state index contributed by atoms with van der Waals surface area (Å²) < 4.78 is 5.34. The number of methoxy groups -OCH3 is 1. The van der Waals surface area contributed by atoms with Crippen LogP contribution in [-0.4, -0.2) is 26.7 Å². The number of ether oxygens (including phenoxy) is 1. The van der Waals surface area contributed by atoms with Gasteiger partial charge in [0, 0.05) is 19.6 Å². The third-order valence-corrected chi connectivity index (χ3v) is 2.67. The average molecular weight is 192 g/mol. The highest BCUT2D eigenvalue weighted by molar-refractivity contribution is 5.65. The molecule has 0 fully saturated rings. The summed E-state index contributed by atoms with van der Waals surface area (Å²) in [6.45, 7) is 0.896. The quantitative estimate of drug-likeness (QED) is 0.722. The van der Waals surface area contributed by atoms with Crippen LogP contribution in [0.5, 0.6) is 5.75 Å². The molecule has 0 aliphatic carbocycles. The van der Waals surface area contributed by atoms with Gasteiger partial charge in [0.1, 0.15) is 5.75 Å². The Morgan fingerprint density at radius 2 is 2.29 bits per heavy atom. The number of anilines is 1. The van der Waals surface area contributed by atoms with Crippen LogP contribution in [0.2, 0.25) is 0 Å². The van der Waals surface area contributed by atoms with Gasteiger partial charge < -0.3 is 15.4 Å². The summed E-state index contributed by atoms with van der Waals surface area (Å²) >= 11 is 0. The van der Waals surface area contributed by atoms with Gasteiger partial charge in [-0.05, 0) is 18.1 Å². The van der Waals surface area contributed by atoms with Crippen molar-refractivity contribution < 1.29 is 4.74 Å². The molecule has 1 aliphatic heterocycles. The van der Waals surface area contributed by atoms with Gasteiger partial charge in [-0.15, -0.1) is 0 Å². The minimum atomic E-state index is 0.236. The van der Waals surface area contributed by atoms with E-state index in [1.54, 1.807) is 7.11 Å². The van der Waals surface area contributed by atoms with Crippen LogP contribution in [-0.2, 0) is 6.42 Å². The maximum atomic E-state index is 5.95. The van der Waals surface area contributed by atoms with Crippen LogP contribution in [0.1, 0.15) is 5.56 Å². The van der Waals surface area contributed by atoms with Gasteiger partial charge in [-0.25, -0.2) is 0 Å². The topological polar surface area (TPSA) is 38.5 Å². The smallest absolute Gasteiger partial charge is 0.142 e. The third-order valence-electron chi connectivity index (χ3n) is 2.67. The lowest BCUT2D eigenvalue weighted by Gasteiger charge is -2.32. The molecular formula is C11H16N2O. The van der Waals surface area contributed by atoms with E-state index in [-0.39, 0.29) is 6.04 Å². The molecule has 1 aromatic rings. The van der Waals surface area contributed by atoms with Gasteiger partial charge in [0.05, 0.1) is 12.8 Å². The highest BCUT2D eigenvalue weighted by atomic mass is 16.5. The molecule has 76 valence electrons. The molecule has 0 radical (unpaired) electrons. The zero-order chi connectivity index (χ0) is 10.1. The van der Waals surface area contributed by atoms with E-state index in [9.17, 15) is 0 Å². The molecule has 0 spiro atoms. The number of benzene rings is 1. The zero-order valence-corrected chi connectivity index (χ0v) is 8.66. The molecule has 3 heteroatoms. The SMILES string of the molecule is COc1cccc2c1N(C)CC(N)C2. The standard InChI is InChI=1S/C11H16N2O/c1-13-7-9(12)6-8-4-3-5-10(14-2)11(8)13/h3-5,9H,6-7,12H2,1-2H3. The molecular weight excluding hydrogens is 176 g/mol. The molecule has 1 aromatic carbocycles. The molecule has 1 unspecified atom stereocenters. The van der Waals surface area contributed by atoms with Crippen LogP contribution in [0.4, 0.5) is 5.69 Å². The zero-order valence-electron chi connectivity index (χ0n) is 8.66. The van der Waals surface area contributed by atoms with Crippen molar-refractivity contribution in [3.8, 4) is 5.75 Å². The predicted octanol–water partition coefficient (Wildman–Crippen LogP) is 1.01. The number of rotatable bonds is 1. The molecule has 0 aromatic heterocycles. The van der Waals surface area contributed by atoms with E-state index in [1.165, 1.54) is 11.3 Å². The van der Waals surface area contributed by atoms with Crippen molar-refractivity contribution in [2.24, 2.45) is 5.73 Å². The molecule has 0 saturated heterocycles. The summed E-state index contributed by atoms with van der Waals surface area (Å²) in [6.07, 6.45) is 0.941. The number of nitrogens with zero attached hydrogens (tertiary/aromatic N) is 1. The van der Waals surface area contributed by atoms with E-state index in [0.29, 0.717) is 0 Å². The van der Waals surface area contributed by atoms with Crippen molar-refractivity contribution in [2.45, 2.75) is 12.5 Å². The van der Waals surface area contributed by atoms with E-state index in [4.69, 9.17) is 10.5 Å². The molecule has 2 N–H and O–H groups in total. The fourth-order valence-corrected chi connectivity index (χ4v) is 2.12. The van der Waals surface area contributed by atoms with Crippen molar-refractivity contribution in [3.63, 3.8) is 0 Å². The maximum Gasteiger partial charge on any atom is 0.142 e. The van der Waals surface area contributed by atoms with Crippen molar-refractivity contribution in [3.05, 3.63) is 23.8 Å². The van der Waals surface area contributed by atoms with Gasteiger partial charge in [-0.1, -0.05) is 12.1 Å². The van der Waals surface area contributed by atoms with Gasteiger partial charge in [0.15, 0.2) is 0 Å². The summed E-state index contributed by atoms with van der Waals surface area (Å²) in [5.74, 6) is 0.942. The summed E-state index contributed by atoms with van der Waals surface area (Å²) in [6, 6.07) is 6.36. The second-order valence-corrected chi connectivity index (χ2v) is 3.81. The Morgan fingerprint density at radius 3 is 3.00 bits per heavy atom. The Labute approximate surface area is 84.5 Å². The van der Waals surface area contributed by atoms with Crippen LogP contribution >= 0.6 is 0 Å². The maximum absolute atomic E-state index is 5.95. The molecule has 3 nitrogen and oxygen atoms in total. The Hall–Kier alpha value is -1.22. The summed E-state index contributed by atoms with van der Waals surface area (Å²) in [4.78, 5) is 2.17. The second-order valence-electron chi connectivity index (χ2n) is 3.81. The molecule has 0 bridgehead atoms. The number of hydrogen-bond acceptors (Lipinski definition) is 3. The van der Waals surface area contributed by atoms with Gasteiger partial charge >= 0.3 is 0 Å². The number of nitrogens with two attached hydrogens (primary N) is 1. The number of likely N-dealkylation sites (N-methyl/N-ethyl adjacent to an activating group) is 1. The van der Waals surface area contributed by atoms with Crippen molar-refractivity contribution >= 4 is 5.69 Å². The number of hydrogen-bond donors (Lipinski definition) is 1. The lowest BCUT2D eigenvalue weighted by atomic mass is 9.98. The lowest BCUT2D eigenvalue weighted by Crippen LogP contribution is -2.41. The van der Waals surface area contributed by atoms with Gasteiger partial charge in [-0.2, -0.15) is 0 Å². The van der Waals surface area contributed by atoms with Gasteiger partial charge in [0.25, 0.3) is 0 Å². The molecule has 0 saturated carbocycles. The van der Waals surface area contributed by atoms with E-state index < -0.39 is 0 Å². The van der Waals surface area contributed by atoms with Crippen LogP contribution in [0.25, 0.3) is 0 Å². The molecule has 1 atom stereocenters. The fourth-order valence-electron chi connectivity index (χ4n) is 2.12. The van der Waals surface area contributed by atoms with E-state index in [1.807, 2.05) is 12.1 Å². The Kier molecular flexibility index (Phi) is 2.33. The first-order valence-electron chi connectivity index (χ1n) is 4.85. The molecule has 1 aliphatic rings. The van der Waals surface area contributed by atoms with Crippen LogP contribution in [0.15, 0.2) is 18.2 Å². The normalized spacial score (nSPS) is 20.5. The Bertz CT molecular complexity index is 338. The minimum absolute atomic E-state index is 0.236. The van der Waals surface area contributed by atoms with Crippen molar-refractivity contribution in [1.82, 2.24) is 0 Å². The summed E-state index contributed by atoms with van der Waals surface area (Å²) in [5.41, 5.74) is 8.42. The van der Waals surface area contributed by atoms with E-state index in [2.05, 4.69) is 18.0 Å². The molecule has 1 heterocycles. The first-order chi connectivity index (χ1) is 6.72. The minimum Gasteiger partial charge on any atom is -0.495 e. The van der Waals surface area contributed by atoms with Gasteiger partial charge in [-0.3, -0.25) is 0 Å². The Morgan fingerprint density at radius 1 is 1.50 bits per heavy atom. The monoisotopic (exact) mass is 192 g/mol. The van der Waals surface area contributed by atoms with E-state index in [0.717, 1.165) is 18.7 Å². The lowest BCUT2D eigenvalue weighted by molar-refractivity contribution is 0.412. The number of para-hydroxylation sites is 1. The molecule has 0 amide bonds. The summed E-state index contributed by atoms with van der Waals surface area (Å²) in [5, 5.41) is 0. The fraction of sp³-hybridized carbons (Fsp3) is 0.455. The van der Waals surface area contributed by atoms with Crippen LogP contribution < -0.4 is 15.4 Å². The second kappa shape index (κ2) is 3.50. The first kappa shape index (κ1) is 9.34. The van der Waals surface area contributed by atoms with Gasteiger partial charge in [0.2, 0.25) is 0 Å². The molecule has 2 rings (SSSR count). The average Bonchev–Trinajstić information content (AvgIpc) is 2.16. The van der Waals surface area contributed by atoms with E-state index >= 15 is 0 Å². The van der Waals surface area contributed by atoms with Crippen molar-refractivity contribution in [2.75, 3.05) is 25.6 Å². The first-order valence-corrected chi connectivity index (χ1v) is 4.85. The highest BCUT2D eigenvalue weighted by Crippen LogP contribution is 2.34. The van der Waals surface area contributed by atoms with Crippen LogP contribution in [0, 0.1) is 0 Å². The highest BCUT2D eigenvalue weighted by Gasteiger charge is 2.22. The summed E-state index contributed by atoms with van der Waals surface area (Å²) in [7, 11) is 3.76. The number of fused-ring (bicyclic) bond motifs is 1. The van der Waals surface area contributed by atoms with Crippen molar-refractivity contribution in [1.29, 1.82) is 0 Å².